The zero-order valence-corrected chi connectivity index (χ0v) is 17.2. The summed E-state index contributed by atoms with van der Waals surface area (Å²) in [5, 5.41) is 14.4. The number of nitriles is 1. The van der Waals surface area contributed by atoms with Crippen molar-refractivity contribution >= 4 is 11.9 Å². The van der Waals surface area contributed by atoms with E-state index < -0.39 is 17.4 Å². The van der Waals surface area contributed by atoms with Gasteiger partial charge in [0.25, 0.3) is 0 Å². The fourth-order valence-electron chi connectivity index (χ4n) is 3.74. The summed E-state index contributed by atoms with van der Waals surface area (Å²) in [6, 6.07) is 9.54. The van der Waals surface area contributed by atoms with E-state index in [1.54, 1.807) is 6.92 Å². The molecule has 0 radical (unpaired) electrons. The Morgan fingerprint density at radius 2 is 1.73 bits per heavy atom. The summed E-state index contributed by atoms with van der Waals surface area (Å²) < 4.78 is 17.0. The number of nitrogens with two attached hydrogens (primary N) is 1. The zero-order valence-electron chi connectivity index (χ0n) is 17.2. The number of carbonyl (C=O) groups excluding carboxylic acids is 2. The third-order valence-electron chi connectivity index (χ3n) is 5.17. The molecule has 1 aliphatic heterocycles. The Bertz CT molecular complexity index is 1060. The van der Waals surface area contributed by atoms with Crippen LogP contribution in [0.2, 0.25) is 0 Å². The van der Waals surface area contributed by atoms with Crippen molar-refractivity contribution in [2.75, 3.05) is 14.2 Å². The van der Waals surface area contributed by atoms with E-state index in [1.165, 1.54) is 18.9 Å². The van der Waals surface area contributed by atoms with Crippen molar-refractivity contribution < 1.29 is 23.8 Å². The van der Waals surface area contributed by atoms with Gasteiger partial charge < -0.3 is 19.9 Å². The number of rotatable bonds is 5. The van der Waals surface area contributed by atoms with Gasteiger partial charge in [0, 0.05) is 0 Å². The van der Waals surface area contributed by atoms with Crippen LogP contribution in [0.25, 0.3) is 5.69 Å². The summed E-state index contributed by atoms with van der Waals surface area (Å²) >= 11 is 0. The SMILES string of the molecule is COC(=O)CC1(CC(=O)OC)C(C#N)=C(N)Oc2c1c(C)nn2-c1ccc(C)cc1. The number of esters is 2. The number of nitrogens with zero attached hydrogens (tertiary/aromatic N) is 3. The van der Waals surface area contributed by atoms with E-state index in [2.05, 4.69) is 5.10 Å². The van der Waals surface area contributed by atoms with Gasteiger partial charge in [0.1, 0.15) is 11.6 Å². The van der Waals surface area contributed by atoms with Crippen molar-refractivity contribution in [2.45, 2.75) is 32.1 Å². The number of carbonyl (C=O) groups is 2. The van der Waals surface area contributed by atoms with Gasteiger partial charge in [-0.05, 0) is 26.0 Å². The highest BCUT2D eigenvalue weighted by atomic mass is 16.5. The van der Waals surface area contributed by atoms with Crippen LogP contribution < -0.4 is 10.5 Å². The molecule has 0 unspecified atom stereocenters. The highest BCUT2D eigenvalue weighted by Crippen LogP contribution is 2.50. The maximum Gasteiger partial charge on any atom is 0.306 e. The van der Waals surface area contributed by atoms with E-state index >= 15 is 0 Å². The Kier molecular flexibility index (Phi) is 5.52. The molecule has 0 spiro atoms. The fourth-order valence-corrected chi connectivity index (χ4v) is 3.74. The molecule has 0 saturated carbocycles. The topological polar surface area (TPSA) is 129 Å². The second-order valence-corrected chi connectivity index (χ2v) is 7.05. The first kappa shape index (κ1) is 20.9. The molecular formula is C21H22N4O5. The van der Waals surface area contributed by atoms with Gasteiger partial charge in [-0.25, -0.2) is 4.68 Å². The molecule has 156 valence electrons. The van der Waals surface area contributed by atoms with E-state index in [9.17, 15) is 14.9 Å². The van der Waals surface area contributed by atoms with E-state index in [0.717, 1.165) is 5.56 Å². The van der Waals surface area contributed by atoms with Crippen molar-refractivity contribution in [2.24, 2.45) is 5.73 Å². The molecule has 2 heterocycles. The van der Waals surface area contributed by atoms with Gasteiger partial charge in [-0.2, -0.15) is 10.4 Å². The van der Waals surface area contributed by atoms with Gasteiger partial charge in [0.05, 0.1) is 49.4 Å². The molecule has 30 heavy (non-hydrogen) atoms. The second kappa shape index (κ2) is 7.91. The van der Waals surface area contributed by atoms with Crippen LogP contribution in [0.15, 0.2) is 35.7 Å². The van der Waals surface area contributed by atoms with E-state index in [4.69, 9.17) is 19.9 Å². The number of allylic oxidation sites excluding steroid dienone is 1. The van der Waals surface area contributed by atoms with Crippen LogP contribution in [-0.4, -0.2) is 35.9 Å². The molecule has 0 atom stereocenters. The van der Waals surface area contributed by atoms with Crippen LogP contribution >= 0.6 is 0 Å². The first-order chi connectivity index (χ1) is 14.3. The largest absolute Gasteiger partial charge is 0.469 e. The minimum absolute atomic E-state index is 0.0441. The third-order valence-corrected chi connectivity index (χ3v) is 5.17. The molecule has 0 bridgehead atoms. The number of aromatic nitrogens is 2. The van der Waals surface area contributed by atoms with Crippen LogP contribution in [0.1, 0.15) is 29.7 Å². The quantitative estimate of drug-likeness (QED) is 0.740. The van der Waals surface area contributed by atoms with E-state index in [0.29, 0.717) is 16.9 Å². The predicted octanol–water partition coefficient (Wildman–Crippen LogP) is 1.94. The Hall–Kier alpha value is -3.80. The molecule has 2 N–H and O–H groups in total. The molecule has 3 rings (SSSR count). The second-order valence-electron chi connectivity index (χ2n) is 7.05. The summed E-state index contributed by atoms with van der Waals surface area (Å²) in [6.07, 6.45) is -0.613. The molecule has 9 heteroatoms. The number of fused-ring (bicyclic) bond motifs is 1. The van der Waals surface area contributed by atoms with Crippen LogP contribution in [0.5, 0.6) is 5.88 Å². The number of aryl methyl sites for hydroxylation is 2. The van der Waals surface area contributed by atoms with Crippen LogP contribution in [-0.2, 0) is 24.5 Å². The summed E-state index contributed by atoms with van der Waals surface area (Å²) in [6.45, 7) is 3.68. The molecule has 0 aliphatic carbocycles. The van der Waals surface area contributed by atoms with Crippen molar-refractivity contribution in [1.29, 1.82) is 5.26 Å². The lowest BCUT2D eigenvalue weighted by Gasteiger charge is -2.35. The molecule has 1 aromatic heterocycles. The normalized spacial score (nSPS) is 14.4. The van der Waals surface area contributed by atoms with Crippen molar-refractivity contribution in [1.82, 2.24) is 9.78 Å². The average molecular weight is 410 g/mol. The van der Waals surface area contributed by atoms with Crippen LogP contribution in [0, 0.1) is 25.2 Å². The predicted molar refractivity (Wildman–Crippen MR) is 105 cm³/mol. The standard InChI is InChI=1S/C21H22N4O5/c1-12-5-7-14(8-6-12)25-20-18(13(2)24-25)21(9-16(26)28-3,10-17(27)29-4)15(11-22)19(23)30-20/h5-8H,9-10,23H2,1-4H3. The molecule has 0 saturated heterocycles. The Labute approximate surface area is 173 Å². The number of hydrogen-bond acceptors (Lipinski definition) is 8. The number of methoxy groups -OCH3 is 2. The molecular weight excluding hydrogens is 388 g/mol. The summed E-state index contributed by atoms with van der Waals surface area (Å²) in [5.74, 6) is -1.20. The van der Waals surface area contributed by atoms with Gasteiger partial charge in [0.15, 0.2) is 0 Å². The van der Waals surface area contributed by atoms with E-state index in [-0.39, 0.29) is 30.2 Å². The third kappa shape index (κ3) is 3.37. The summed E-state index contributed by atoms with van der Waals surface area (Å²) in [4.78, 5) is 24.7. The van der Waals surface area contributed by atoms with Gasteiger partial charge in [0.2, 0.25) is 11.8 Å². The minimum atomic E-state index is -1.43. The van der Waals surface area contributed by atoms with Gasteiger partial charge in [-0.3, -0.25) is 9.59 Å². The molecule has 1 aromatic carbocycles. The van der Waals surface area contributed by atoms with Crippen molar-refractivity contribution in [3.63, 3.8) is 0 Å². The smallest absolute Gasteiger partial charge is 0.306 e. The minimum Gasteiger partial charge on any atom is -0.469 e. The highest BCUT2D eigenvalue weighted by molar-refractivity contribution is 5.80. The Balaban J connectivity index is 2.32. The number of benzene rings is 1. The maximum atomic E-state index is 12.3. The summed E-state index contributed by atoms with van der Waals surface area (Å²) in [7, 11) is 2.46. The molecule has 1 aliphatic rings. The number of ether oxygens (including phenoxy) is 3. The molecule has 2 aromatic rings. The first-order valence-corrected chi connectivity index (χ1v) is 9.16. The highest BCUT2D eigenvalue weighted by Gasteiger charge is 2.51. The van der Waals surface area contributed by atoms with E-state index in [1.807, 2.05) is 37.3 Å². The maximum absolute atomic E-state index is 12.3. The zero-order chi connectivity index (χ0) is 22.1. The van der Waals surface area contributed by atoms with Crippen LogP contribution in [0.4, 0.5) is 0 Å². The Morgan fingerprint density at radius 1 is 1.17 bits per heavy atom. The fraction of sp³-hybridized carbons (Fsp3) is 0.333. The van der Waals surface area contributed by atoms with Gasteiger partial charge in [-0.15, -0.1) is 0 Å². The lowest BCUT2D eigenvalue weighted by atomic mass is 9.68. The van der Waals surface area contributed by atoms with Gasteiger partial charge in [-0.1, -0.05) is 17.7 Å². The van der Waals surface area contributed by atoms with Crippen LogP contribution in [0.3, 0.4) is 0 Å². The Morgan fingerprint density at radius 3 is 2.23 bits per heavy atom. The monoisotopic (exact) mass is 410 g/mol. The average Bonchev–Trinajstić information content (AvgIpc) is 3.05. The molecule has 0 amide bonds. The first-order valence-electron chi connectivity index (χ1n) is 9.16. The lowest BCUT2D eigenvalue weighted by Crippen LogP contribution is -2.40. The number of hydrogen-bond donors (Lipinski definition) is 1. The van der Waals surface area contributed by atoms with Crippen molar-refractivity contribution in [3.8, 4) is 17.6 Å². The molecule has 9 nitrogen and oxygen atoms in total. The van der Waals surface area contributed by atoms with Gasteiger partial charge >= 0.3 is 11.9 Å². The lowest BCUT2D eigenvalue weighted by molar-refractivity contribution is -0.144. The summed E-state index contributed by atoms with van der Waals surface area (Å²) in [5.41, 5.74) is 7.28. The van der Waals surface area contributed by atoms with Crippen molar-refractivity contribution in [3.05, 3.63) is 52.5 Å². The molecule has 0 fully saturated rings.